The lowest BCUT2D eigenvalue weighted by Crippen LogP contribution is -2.55. The Bertz CT molecular complexity index is 483. The monoisotopic (exact) mass is 368 g/mol. The summed E-state index contributed by atoms with van der Waals surface area (Å²) in [6, 6.07) is 0. The van der Waals surface area contributed by atoms with Crippen LogP contribution in [0.3, 0.4) is 0 Å². The largest absolute Gasteiger partial charge is 0.481 e. The number of allylic oxidation sites excluding steroid dienone is 2. The molecule has 6 atom stereocenters. The highest BCUT2D eigenvalue weighted by molar-refractivity contribution is 5.66. The predicted molar refractivity (Wildman–Crippen MR) is 97.6 cm³/mol. The number of carboxylic acids is 1. The van der Waals surface area contributed by atoms with Gasteiger partial charge in [-0.2, -0.15) is 0 Å². The molecule has 2 unspecified atom stereocenters. The van der Waals surface area contributed by atoms with Gasteiger partial charge in [0.25, 0.3) is 0 Å². The number of unbranched alkanes of at least 4 members (excludes halogenated alkanes) is 1. The van der Waals surface area contributed by atoms with Crippen molar-refractivity contribution in [1.82, 2.24) is 0 Å². The molecule has 6 heteroatoms. The lowest BCUT2D eigenvalue weighted by Gasteiger charge is -2.49. The highest BCUT2D eigenvalue weighted by atomic mass is 16.7. The molecule has 0 amide bonds. The first-order chi connectivity index (χ1) is 12.5. The van der Waals surface area contributed by atoms with E-state index in [1.54, 1.807) is 6.08 Å². The van der Waals surface area contributed by atoms with E-state index < -0.39 is 12.1 Å². The molecule has 0 aromatic rings. The fourth-order valence-corrected chi connectivity index (χ4v) is 3.34. The quantitative estimate of drug-likeness (QED) is 0.362. The van der Waals surface area contributed by atoms with E-state index in [2.05, 4.69) is 6.08 Å². The summed E-state index contributed by atoms with van der Waals surface area (Å²) in [4.78, 5) is 10.5. The Labute approximate surface area is 155 Å². The third-order valence-electron chi connectivity index (χ3n) is 5.09. The number of aliphatic hydroxyl groups is 2. The zero-order chi connectivity index (χ0) is 18.9. The first kappa shape index (κ1) is 21.1. The molecule has 0 aliphatic carbocycles. The first-order valence-electron chi connectivity index (χ1n) is 9.71. The van der Waals surface area contributed by atoms with Crippen LogP contribution in [0.25, 0.3) is 0 Å². The highest BCUT2D eigenvalue weighted by Crippen LogP contribution is 2.40. The molecule has 3 heterocycles. The zero-order valence-corrected chi connectivity index (χ0v) is 15.5. The maximum Gasteiger partial charge on any atom is 0.303 e. The number of carbonyl (C=O) groups is 1. The summed E-state index contributed by atoms with van der Waals surface area (Å²) in [7, 11) is 0. The second kappa shape index (κ2) is 10.8. The van der Waals surface area contributed by atoms with Gasteiger partial charge in [-0.1, -0.05) is 31.2 Å². The van der Waals surface area contributed by atoms with Crippen molar-refractivity contribution in [2.75, 3.05) is 0 Å². The van der Waals surface area contributed by atoms with Gasteiger partial charge >= 0.3 is 5.97 Å². The fourth-order valence-electron chi connectivity index (χ4n) is 3.34. The first-order valence-corrected chi connectivity index (χ1v) is 9.71. The van der Waals surface area contributed by atoms with Crippen LogP contribution in [0.1, 0.15) is 58.3 Å². The van der Waals surface area contributed by atoms with Gasteiger partial charge in [-0.05, 0) is 38.5 Å². The average Bonchev–Trinajstić information content (AvgIpc) is 2.59. The van der Waals surface area contributed by atoms with Gasteiger partial charge < -0.3 is 24.8 Å². The van der Waals surface area contributed by atoms with Crippen molar-refractivity contribution in [3.05, 3.63) is 24.3 Å². The van der Waals surface area contributed by atoms with E-state index in [9.17, 15) is 15.0 Å². The summed E-state index contributed by atoms with van der Waals surface area (Å²) in [5.74, 6) is -0.552. The molecule has 3 N–H and O–H groups in total. The molecule has 0 saturated carbocycles. The topological polar surface area (TPSA) is 96.2 Å². The Morgan fingerprint density at radius 3 is 2.69 bits per heavy atom. The SMILES string of the molecule is CCC(O)CC[C@H](O)/C=C/[C@H]1OC2C[C@H](O2)[C@@H]1C/C=C\CCCC(=O)O. The van der Waals surface area contributed by atoms with E-state index in [1.807, 2.05) is 19.1 Å². The second-order valence-electron chi connectivity index (χ2n) is 7.19. The van der Waals surface area contributed by atoms with Gasteiger partial charge in [0.1, 0.15) is 0 Å². The smallest absolute Gasteiger partial charge is 0.303 e. The van der Waals surface area contributed by atoms with Gasteiger partial charge in [-0.3, -0.25) is 4.79 Å². The van der Waals surface area contributed by atoms with Crippen LogP contribution >= 0.6 is 0 Å². The molecule has 3 aliphatic rings. The zero-order valence-electron chi connectivity index (χ0n) is 15.5. The Balaban J connectivity index is 1.77. The molecular formula is C20H32O6. The minimum atomic E-state index is -0.761. The molecule has 3 saturated heterocycles. The molecule has 2 bridgehead atoms. The number of aliphatic hydroxyl groups excluding tert-OH is 2. The number of ether oxygens (including phenoxy) is 2. The molecule has 0 radical (unpaired) electrons. The normalized spacial score (nSPS) is 30.4. The Kier molecular flexibility index (Phi) is 8.78. The number of fused-ring (bicyclic) bond motifs is 2. The maximum atomic E-state index is 10.5. The highest BCUT2D eigenvalue weighted by Gasteiger charge is 2.46. The number of hydrogen-bond acceptors (Lipinski definition) is 5. The predicted octanol–water partition coefficient (Wildman–Crippen LogP) is 2.79. The van der Waals surface area contributed by atoms with E-state index >= 15 is 0 Å². The van der Waals surface area contributed by atoms with Gasteiger partial charge in [0.2, 0.25) is 0 Å². The second-order valence-corrected chi connectivity index (χ2v) is 7.19. The van der Waals surface area contributed by atoms with Gasteiger partial charge in [-0.25, -0.2) is 0 Å². The van der Waals surface area contributed by atoms with Crippen LogP contribution in [0, 0.1) is 5.92 Å². The standard InChI is InChI=1S/C20H32O6/c1-2-14(21)9-10-15(22)11-12-17-16(18-13-20(25-17)26-18)7-5-3-4-6-8-19(23)24/h3,5,11-12,14-18,20-22H,2,4,6-10,13H2,1H3,(H,23,24)/b5-3-,12-11+/t14?,15-,16+,17+,18-,20?/m0/s1. The van der Waals surface area contributed by atoms with E-state index in [4.69, 9.17) is 14.6 Å². The maximum absolute atomic E-state index is 10.5. The van der Waals surface area contributed by atoms with Crippen LogP contribution < -0.4 is 0 Å². The molecule has 3 rings (SSSR count). The Morgan fingerprint density at radius 2 is 2.00 bits per heavy atom. The third-order valence-corrected chi connectivity index (χ3v) is 5.09. The number of rotatable bonds is 12. The molecule has 0 spiro atoms. The molecular weight excluding hydrogens is 336 g/mol. The Morgan fingerprint density at radius 1 is 1.23 bits per heavy atom. The molecule has 0 aromatic carbocycles. The van der Waals surface area contributed by atoms with Crippen molar-refractivity contribution in [2.45, 2.75) is 89.0 Å². The van der Waals surface area contributed by atoms with Crippen LogP contribution in [0.2, 0.25) is 0 Å². The fraction of sp³-hybridized carbons (Fsp3) is 0.750. The summed E-state index contributed by atoms with van der Waals surface area (Å²) >= 11 is 0. The van der Waals surface area contributed by atoms with Crippen molar-refractivity contribution >= 4 is 5.97 Å². The summed E-state index contributed by atoms with van der Waals surface area (Å²) in [6.45, 7) is 1.93. The average molecular weight is 368 g/mol. The molecule has 0 aromatic heterocycles. The van der Waals surface area contributed by atoms with E-state index in [-0.39, 0.29) is 36.9 Å². The number of hydrogen-bond donors (Lipinski definition) is 3. The number of carboxylic acid groups (broad SMARTS) is 1. The summed E-state index contributed by atoms with van der Waals surface area (Å²) in [5, 5.41) is 28.3. The van der Waals surface area contributed by atoms with E-state index in [0.717, 1.165) is 19.3 Å². The summed E-state index contributed by atoms with van der Waals surface area (Å²) in [5.41, 5.74) is 0. The molecule has 26 heavy (non-hydrogen) atoms. The van der Waals surface area contributed by atoms with Gasteiger partial charge in [0.15, 0.2) is 6.29 Å². The molecule has 6 nitrogen and oxygen atoms in total. The van der Waals surface area contributed by atoms with E-state index in [1.165, 1.54) is 0 Å². The minimum Gasteiger partial charge on any atom is -0.481 e. The van der Waals surface area contributed by atoms with Gasteiger partial charge in [-0.15, -0.1) is 0 Å². The summed E-state index contributed by atoms with van der Waals surface area (Å²) in [6.07, 6.45) is 12.0. The van der Waals surface area contributed by atoms with Crippen LogP contribution in [0.15, 0.2) is 24.3 Å². The third kappa shape index (κ3) is 6.83. The van der Waals surface area contributed by atoms with Crippen LogP contribution in [0.4, 0.5) is 0 Å². The Hall–Kier alpha value is -1.21. The lowest BCUT2D eigenvalue weighted by atomic mass is 9.84. The number of aliphatic carboxylic acids is 1. The van der Waals surface area contributed by atoms with Crippen LogP contribution in [0.5, 0.6) is 0 Å². The van der Waals surface area contributed by atoms with Crippen molar-refractivity contribution < 1.29 is 29.6 Å². The minimum absolute atomic E-state index is 0.0816. The van der Waals surface area contributed by atoms with Crippen LogP contribution in [-0.2, 0) is 14.3 Å². The van der Waals surface area contributed by atoms with E-state index in [0.29, 0.717) is 25.7 Å². The van der Waals surface area contributed by atoms with Crippen molar-refractivity contribution in [3.8, 4) is 0 Å². The van der Waals surface area contributed by atoms with Crippen molar-refractivity contribution in [1.29, 1.82) is 0 Å². The van der Waals surface area contributed by atoms with Gasteiger partial charge in [0.05, 0.1) is 24.4 Å². The summed E-state index contributed by atoms with van der Waals surface area (Å²) < 4.78 is 11.6. The van der Waals surface area contributed by atoms with Crippen molar-refractivity contribution in [3.63, 3.8) is 0 Å². The molecule has 148 valence electrons. The van der Waals surface area contributed by atoms with Gasteiger partial charge in [0, 0.05) is 18.8 Å². The molecule has 3 aliphatic heterocycles. The van der Waals surface area contributed by atoms with Crippen LogP contribution in [-0.4, -0.2) is 52.0 Å². The van der Waals surface area contributed by atoms with Crippen molar-refractivity contribution in [2.24, 2.45) is 5.92 Å². The molecule has 3 fully saturated rings. The lowest BCUT2D eigenvalue weighted by molar-refractivity contribution is -0.337.